The van der Waals surface area contributed by atoms with Gasteiger partial charge >= 0.3 is 5.97 Å². The molecule has 0 bridgehead atoms. The molecule has 3 aliphatic rings. The summed E-state index contributed by atoms with van der Waals surface area (Å²) in [6.45, 7) is 2.08. The van der Waals surface area contributed by atoms with Gasteiger partial charge in [-0.1, -0.05) is 160 Å². The molecule has 0 aromatic rings. The number of allylic oxidation sites excluding steroid dienone is 3. The zero-order valence-corrected chi connectivity index (χ0v) is 49.8. The second-order valence-corrected chi connectivity index (χ2v) is 22.9. The minimum Gasteiger partial charge on any atom is -0.477 e. The van der Waals surface area contributed by atoms with E-state index < -0.39 is 155 Å². The molecule has 83 heavy (non-hydrogen) atoms. The summed E-state index contributed by atoms with van der Waals surface area (Å²) in [6.07, 6.45) is 8.12. The fraction of sp³-hybridized carbons (Fsp3) is 0.883. The van der Waals surface area contributed by atoms with E-state index in [0.29, 0.717) is 12.8 Å². The molecule has 18 atom stereocenters. The van der Waals surface area contributed by atoms with Crippen LogP contribution in [0.15, 0.2) is 24.3 Å². The third kappa shape index (κ3) is 26.2. The van der Waals surface area contributed by atoms with E-state index in [4.69, 9.17) is 28.4 Å². The van der Waals surface area contributed by atoms with Crippen LogP contribution < -0.4 is 10.6 Å². The van der Waals surface area contributed by atoms with Crippen LogP contribution in [0, 0.1) is 0 Å². The quantitative estimate of drug-likeness (QED) is 0.0307. The maximum atomic E-state index is 13.4. The molecular formula is C60H108N2O21. The Morgan fingerprint density at radius 1 is 0.627 bits per heavy atom. The highest BCUT2D eigenvalue weighted by Gasteiger charge is 2.60. The average molecular weight is 1190 g/mol. The number of carboxylic acids is 1. The lowest BCUT2D eigenvalue weighted by molar-refractivity contribution is -0.386. The molecule has 3 aliphatic heterocycles. The molecule has 3 heterocycles. The molecule has 3 fully saturated rings. The number of aliphatic hydroxyl groups excluding tert-OH is 11. The van der Waals surface area contributed by atoms with E-state index in [-0.39, 0.29) is 12.3 Å². The maximum absolute atomic E-state index is 13.4. The van der Waals surface area contributed by atoms with Gasteiger partial charge in [0.05, 0.1) is 50.7 Å². The van der Waals surface area contributed by atoms with Crippen LogP contribution in [0.25, 0.3) is 0 Å². The van der Waals surface area contributed by atoms with Gasteiger partial charge < -0.3 is 100 Å². The largest absolute Gasteiger partial charge is 0.477 e. The summed E-state index contributed by atoms with van der Waals surface area (Å²) < 4.78 is 34.7. The number of amides is 2. The van der Waals surface area contributed by atoms with E-state index in [9.17, 15) is 75.7 Å². The summed E-state index contributed by atoms with van der Waals surface area (Å²) in [5.41, 5.74) is 0. The van der Waals surface area contributed by atoms with Gasteiger partial charge in [-0.15, -0.1) is 0 Å². The Morgan fingerprint density at radius 2 is 1.13 bits per heavy atom. The van der Waals surface area contributed by atoms with Gasteiger partial charge in [-0.25, -0.2) is 4.79 Å². The molecule has 14 N–H and O–H groups in total. The van der Waals surface area contributed by atoms with Crippen LogP contribution in [0.5, 0.6) is 0 Å². The van der Waals surface area contributed by atoms with Gasteiger partial charge in [0.2, 0.25) is 11.8 Å². The molecule has 18 unspecified atom stereocenters. The minimum atomic E-state index is -3.08. The van der Waals surface area contributed by atoms with E-state index in [2.05, 4.69) is 36.6 Å². The van der Waals surface area contributed by atoms with Crippen LogP contribution >= 0.6 is 0 Å². The minimum absolute atomic E-state index is 0.190. The number of nitrogens with one attached hydrogen (secondary N) is 2. The number of rotatable bonds is 45. The summed E-state index contributed by atoms with van der Waals surface area (Å²) in [6, 6.07) is -2.62. The zero-order chi connectivity index (χ0) is 61.2. The third-order valence-corrected chi connectivity index (χ3v) is 15.9. The van der Waals surface area contributed by atoms with Gasteiger partial charge in [-0.05, 0) is 44.9 Å². The molecule has 0 saturated carbocycles. The molecule has 0 spiro atoms. The topological polar surface area (TPSA) is 373 Å². The van der Waals surface area contributed by atoms with Crippen LogP contribution in [0.4, 0.5) is 0 Å². The van der Waals surface area contributed by atoms with Crippen molar-refractivity contribution >= 4 is 17.8 Å². The zero-order valence-electron chi connectivity index (χ0n) is 49.8. The van der Waals surface area contributed by atoms with Gasteiger partial charge in [0, 0.05) is 19.8 Å². The summed E-state index contributed by atoms with van der Waals surface area (Å²) in [4.78, 5) is 38.4. The standard InChI is InChI=1S/C60H108N2O21/c1-4-6-8-10-12-14-16-18-19-20-22-24-26-28-30-32-34-47(70)62-41(42(67)33-31-29-27-25-23-21-17-15-13-11-9-7-5-2)39-78-57-52(74)51(73)54(46(38-65)80-57)81-58-53(75)56(50(72)45(37-64)79-58)83-60(59(76)77)35-43(68)48(61-40(3)66)55(82-60)49(71)44(69)36-63/h19-20,31,33,41-46,48-58,63-65,67-69,71-75H,4-18,21-30,32,34-39H2,1-3H3,(H,61,66)(H,62,70)(H,76,77)/b20-19-,33-31+. The van der Waals surface area contributed by atoms with E-state index in [1.54, 1.807) is 6.08 Å². The Kier molecular flexibility index (Phi) is 37.8. The van der Waals surface area contributed by atoms with Crippen LogP contribution in [-0.4, -0.2) is 215 Å². The number of carbonyl (C=O) groups is 3. The highest BCUT2D eigenvalue weighted by Crippen LogP contribution is 2.38. The Balaban J connectivity index is 1.66. The summed E-state index contributed by atoms with van der Waals surface area (Å²) in [7, 11) is 0. The number of aliphatic hydroxyl groups is 11. The molecular weight excluding hydrogens is 1080 g/mol. The van der Waals surface area contributed by atoms with Gasteiger partial charge in [-0.3, -0.25) is 9.59 Å². The second kappa shape index (κ2) is 42.2. The molecule has 0 aromatic carbocycles. The first-order valence-electron chi connectivity index (χ1n) is 31.2. The lowest BCUT2D eigenvalue weighted by Gasteiger charge is -2.50. The molecule has 0 radical (unpaired) electrons. The highest BCUT2D eigenvalue weighted by molar-refractivity contribution is 5.77. The van der Waals surface area contributed by atoms with Crippen LogP contribution in [0.2, 0.25) is 0 Å². The third-order valence-electron chi connectivity index (χ3n) is 15.9. The van der Waals surface area contributed by atoms with Crippen molar-refractivity contribution in [1.29, 1.82) is 0 Å². The lowest BCUT2D eigenvalue weighted by atomic mass is 9.88. The summed E-state index contributed by atoms with van der Waals surface area (Å²) in [5, 5.41) is 135. The van der Waals surface area contributed by atoms with Gasteiger partial charge in [0.1, 0.15) is 67.1 Å². The Hall–Kier alpha value is -2.79. The molecule has 23 nitrogen and oxygen atoms in total. The molecule has 3 rings (SSSR count). The van der Waals surface area contributed by atoms with Crippen molar-refractivity contribution in [2.45, 2.75) is 310 Å². The number of aliphatic carboxylic acids is 1. The van der Waals surface area contributed by atoms with Crippen molar-refractivity contribution in [3.05, 3.63) is 24.3 Å². The van der Waals surface area contributed by atoms with Gasteiger partial charge in [-0.2, -0.15) is 0 Å². The normalized spacial score (nSPS) is 30.1. The van der Waals surface area contributed by atoms with E-state index >= 15 is 0 Å². The van der Waals surface area contributed by atoms with Crippen molar-refractivity contribution in [2.24, 2.45) is 0 Å². The summed E-state index contributed by atoms with van der Waals surface area (Å²) >= 11 is 0. The maximum Gasteiger partial charge on any atom is 0.364 e. The molecule has 0 aliphatic carbocycles. The van der Waals surface area contributed by atoms with Crippen LogP contribution in [0.1, 0.15) is 201 Å². The van der Waals surface area contributed by atoms with Gasteiger partial charge in [0.15, 0.2) is 12.6 Å². The Labute approximate surface area is 492 Å². The van der Waals surface area contributed by atoms with Crippen molar-refractivity contribution in [3.8, 4) is 0 Å². The van der Waals surface area contributed by atoms with Crippen molar-refractivity contribution < 1.29 is 104 Å². The summed E-state index contributed by atoms with van der Waals surface area (Å²) in [5.74, 6) is -6.15. The first-order chi connectivity index (χ1) is 39.9. The average Bonchev–Trinajstić information content (AvgIpc) is 3.02. The SMILES string of the molecule is CCCCCCCCC/C=C\CCCCCCCC(=O)NC(COC1OC(CO)C(OC2OC(CO)C(O)C(OC3(C(=O)O)CC(O)C(NC(C)=O)C(C(O)C(O)CO)O3)C2O)C(O)C1O)C(O)/C=C/CCCCCCCCCCCCC. The lowest BCUT2D eigenvalue weighted by Crippen LogP contribution is -2.70. The van der Waals surface area contributed by atoms with Crippen molar-refractivity contribution in [2.75, 3.05) is 26.4 Å². The monoisotopic (exact) mass is 1190 g/mol. The fourth-order valence-corrected chi connectivity index (χ4v) is 10.8. The fourth-order valence-electron chi connectivity index (χ4n) is 10.8. The van der Waals surface area contributed by atoms with E-state index in [0.717, 1.165) is 64.7 Å². The number of hydrogen-bond donors (Lipinski definition) is 14. The van der Waals surface area contributed by atoms with Gasteiger partial charge in [0.25, 0.3) is 5.79 Å². The number of ether oxygens (including phenoxy) is 6. The highest BCUT2D eigenvalue weighted by atomic mass is 16.8. The molecule has 23 heteroatoms. The molecule has 2 amide bonds. The molecule has 0 aromatic heterocycles. The number of carboxylic acid groups (broad SMARTS) is 1. The number of unbranched alkanes of at least 4 members (excludes halogenated alkanes) is 23. The first-order valence-corrected chi connectivity index (χ1v) is 31.2. The van der Waals surface area contributed by atoms with Crippen molar-refractivity contribution in [1.82, 2.24) is 10.6 Å². The van der Waals surface area contributed by atoms with E-state index in [1.165, 1.54) is 96.3 Å². The molecule has 3 saturated heterocycles. The van der Waals surface area contributed by atoms with Crippen molar-refractivity contribution in [3.63, 3.8) is 0 Å². The Bertz CT molecular complexity index is 1800. The van der Waals surface area contributed by atoms with E-state index in [1.807, 2.05) is 6.08 Å². The second-order valence-electron chi connectivity index (χ2n) is 22.9. The number of carbonyl (C=O) groups excluding carboxylic acids is 2. The van der Waals surface area contributed by atoms with Crippen LogP contribution in [-0.2, 0) is 42.8 Å². The number of hydrogen-bond acceptors (Lipinski definition) is 20. The first kappa shape index (κ1) is 74.5. The van der Waals surface area contributed by atoms with Crippen LogP contribution in [0.3, 0.4) is 0 Å². The predicted octanol–water partition coefficient (Wildman–Crippen LogP) is 3.33. The smallest absolute Gasteiger partial charge is 0.364 e. The Morgan fingerprint density at radius 3 is 1.64 bits per heavy atom. The molecule has 484 valence electrons. The predicted molar refractivity (Wildman–Crippen MR) is 306 cm³/mol.